The molecule has 34 heavy (non-hydrogen) atoms. The van der Waals surface area contributed by atoms with E-state index in [1.54, 1.807) is 18.3 Å². The maximum atomic E-state index is 12.8. The van der Waals surface area contributed by atoms with Crippen molar-refractivity contribution in [2.45, 2.75) is 44.9 Å². The quantitative estimate of drug-likeness (QED) is 0.456. The van der Waals surface area contributed by atoms with Gasteiger partial charge in [0.2, 0.25) is 0 Å². The standard InChI is InChI=1S/C25H29ClN4O4/c1-17-5-4-6-19(13-17)25(32)30-11-10-20(16-30)28-24-21(26)14-18(15-27-24)8-9-22(31)29-34-23-7-2-3-12-33-23/h4-6,8-9,13-15,20,23H,2-3,7,10-12,16H2,1H3,(H,27,28)(H,29,31)/b9-8+/t20-,23?/m1/s1. The molecule has 0 saturated carbocycles. The molecular formula is C25H29ClN4O4. The van der Waals surface area contributed by atoms with Gasteiger partial charge in [0.05, 0.1) is 5.02 Å². The molecule has 4 rings (SSSR count). The zero-order valence-electron chi connectivity index (χ0n) is 19.1. The van der Waals surface area contributed by atoms with E-state index in [4.69, 9.17) is 21.2 Å². The van der Waals surface area contributed by atoms with E-state index in [0.717, 1.165) is 31.2 Å². The van der Waals surface area contributed by atoms with E-state index in [9.17, 15) is 9.59 Å². The number of aryl methyl sites for hydroxylation is 1. The molecule has 9 heteroatoms. The molecule has 0 radical (unpaired) electrons. The highest BCUT2D eigenvalue weighted by Crippen LogP contribution is 2.24. The lowest BCUT2D eigenvalue weighted by Crippen LogP contribution is -2.32. The van der Waals surface area contributed by atoms with E-state index in [-0.39, 0.29) is 11.9 Å². The first kappa shape index (κ1) is 24.2. The number of hydrogen-bond donors (Lipinski definition) is 2. The summed E-state index contributed by atoms with van der Waals surface area (Å²) in [6.45, 7) is 3.87. The highest BCUT2D eigenvalue weighted by atomic mass is 35.5. The first-order valence-corrected chi connectivity index (χ1v) is 11.9. The second-order valence-electron chi connectivity index (χ2n) is 8.56. The molecule has 2 aliphatic heterocycles. The lowest BCUT2D eigenvalue weighted by Gasteiger charge is -2.21. The second-order valence-corrected chi connectivity index (χ2v) is 8.97. The lowest BCUT2D eigenvalue weighted by atomic mass is 10.1. The van der Waals surface area contributed by atoms with E-state index in [0.29, 0.717) is 41.7 Å². The third kappa shape index (κ3) is 6.56. The first-order chi connectivity index (χ1) is 16.5. The van der Waals surface area contributed by atoms with Crippen LogP contribution in [0.15, 0.2) is 42.6 Å². The molecule has 1 unspecified atom stereocenters. The van der Waals surface area contributed by atoms with Crippen molar-refractivity contribution in [1.29, 1.82) is 0 Å². The van der Waals surface area contributed by atoms with E-state index < -0.39 is 12.2 Å². The molecule has 1 aromatic carbocycles. The number of carbonyl (C=O) groups excluding carboxylic acids is 2. The molecule has 8 nitrogen and oxygen atoms in total. The Morgan fingerprint density at radius 3 is 2.91 bits per heavy atom. The lowest BCUT2D eigenvalue weighted by molar-refractivity contribution is -0.198. The minimum Gasteiger partial charge on any atom is -0.364 e. The fourth-order valence-corrected chi connectivity index (χ4v) is 4.23. The predicted octanol–water partition coefficient (Wildman–Crippen LogP) is 3.96. The van der Waals surface area contributed by atoms with Crippen molar-refractivity contribution in [3.8, 4) is 0 Å². The van der Waals surface area contributed by atoms with Crippen LogP contribution in [-0.4, -0.2) is 53.7 Å². The highest BCUT2D eigenvalue weighted by Gasteiger charge is 2.27. The largest absolute Gasteiger partial charge is 0.364 e. The van der Waals surface area contributed by atoms with Crippen molar-refractivity contribution in [2.75, 3.05) is 25.0 Å². The zero-order chi connectivity index (χ0) is 23.9. The molecule has 2 fully saturated rings. The normalized spacial score (nSPS) is 20.5. The number of aromatic nitrogens is 1. The summed E-state index contributed by atoms with van der Waals surface area (Å²) in [5.41, 5.74) is 4.82. The van der Waals surface area contributed by atoms with Gasteiger partial charge in [0.15, 0.2) is 6.29 Å². The summed E-state index contributed by atoms with van der Waals surface area (Å²) in [7, 11) is 0. The summed E-state index contributed by atoms with van der Waals surface area (Å²) >= 11 is 6.42. The summed E-state index contributed by atoms with van der Waals surface area (Å²) in [6, 6.07) is 9.42. The van der Waals surface area contributed by atoms with E-state index in [2.05, 4.69) is 15.8 Å². The fraction of sp³-hybridized carbons (Fsp3) is 0.400. The van der Waals surface area contributed by atoms with E-state index in [1.165, 1.54) is 6.08 Å². The molecule has 2 aliphatic rings. The van der Waals surface area contributed by atoms with Crippen molar-refractivity contribution >= 4 is 35.3 Å². The number of amides is 2. The summed E-state index contributed by atoms with van der Waals surface area (Å²) < 4.78 is 5.40. The molecule has 2 aromatic rings. The summed E-state index contributed by atoms with van der Waals surface area (Å²) in [4.78, 5) is 36.2. The van der Waals surface area contributed by atoms with Crippen LogP contribution in [0.4, 0.5) is 5.82 Å². The Morgan fingerprint density at radius 2 is 2.15 bits per heavy atom. The van der Waals surface area contributed by atoms with Gasteiger partial charge < -0.3 is 15.0 Å². The van der Waals surface area contributed by atoms with Gasteiger partial charge in [0, 0.05) is 50.0 Å². The number of hydroxylamine groups is 1. The van der Waals surface area contributed by atoms with Gasteiger partial charge in [-0.15, -0.1) is 0 Å². The average Bonchev–Trinajstić information content (AvgIpc) is 3.31. The van der Waals surface area contributed by atoms with Gasteiger partial charge in [0.1, 0.15) is 5.82 Å². The Kier molecular flexibility index (Phi) is 8.16. The fourth-order valence-electron chi connectivity index (χ4n) is 4.00. The van der Waals surface area contributed by atoms with Gasteiger partial charge in [-0.05, 0) is 56.0 Å². The maximum absolute atomic E-state index is 12.8. The molecule has 2 amide bonds. The highest BCUT2D eigenvalue weighted by molar-refractivity contribution is 6.33. The molecule has 3 heterocycles. The van der Waals surface area contributed by atoms with Crippen LogP contribution in [0.1, 0.15) is 47.2 Å². The van der Waals surface area contributed by atoms with Crippen LogP contribution in [0.25, 0.3) is 6.08 Å². The minimum atomic E-state index is -0.397. The van der Waals surface area contributed by atoms with Gasteiger partial charge in [-0.1, -0.05) is 29.3 Å². The molecular weight excluding hydrogens is 456 g/mol. The van der Waals surface area contributed by atoms with Crippen LogP contribution in [0.3, 0.4) is 0 Å². The molecule has 1 aromatic heterocycles. The number of likely N-dealkylation sites (tertiary alicyclic amines) is 1. The smallest absolute Gasteiger partial charge is 0.267 e. The second kappa shape index (κ2) is 11.5. The SMILES string of the molecule is Cc1cccc(C(=O)N2CC[C@@H](Nc3ncc(/C=C/C(=O)NOC4CCCCO4)cc3Cl)C2)c1. The molecule has 2 N–H and O–H groups in total. The van der Waals surface area contributed by atoms with Crippen molar-refractivity contribution in [1.82, 2.24) is 15.4 Å². The number of nitrogens with one attached hydrogen (secondary N) is 2. The van der Waals surface area contributed by atoms with Gasteiger partial charge in [-0.3, -0.25) is 9.59 Å². The van der Waals surface area contributed by atoms with Gasteiger partial charge in [-0.25, -0.2) is 15.3 Å². The number of ether oxygens (including phenoxy) is 1. The van der Waals surface area contributed by atoms with Gasteiger partial charge in [0.25, 0.3) is 11.8 Å². The third-order valence-electron chi connectivity index (χ3n) is 5.80. The van der Waals surface area contributed by atoms with Crippen LogP contribution in [0.2, 0.25) is 5.02 Å². The number of rotatable bonds is 7. The molecule has 0 aliphatic carbocycles. The Morgan fingerprint density at radius 1 is 1.26 bits per heavy atom. The number of halogens is 1. The van der Waals surface area contributed by atoms with Crippen LogP contribution < -0.4 is 10.8 Å². The topological polar surface area (TPSA) is 92.8 Å². The average molecular weight is 485 g/mol. The molecule has 0 spiro atoms. The Bertz CT molecular complexity index is 1050. The number of anilines is 1. The third-order valence-corrected chi connectivity index (χ3v) is 6.09. The minimum absolute atomic E-state index is 0.0323. The Hall–Kier alpha value is -2.94. The number of pyridine rings is 1. The monoisotopic (exact) mass is 484 g/mol. The predicted molar refractivity (Wildman–Crippen MR) is 130 cm³/mol. The molecule has 2 atom stereocenters. The molecule has 0 bridgehead atoms. The van der Waals surface area contributed by atoms with Crippen molar-refractivity contribution < 1.29 is 19.2 Å². The zero-order valence-corrected chi connectivity index (χ0v) is 19.9. The summed E-state index contributed by atoms with van der Waals surface area (Å²) in [5.74, 6) is 0.192. The van der Waals surface area contributed by atoms with E-state index >= 15 is 0 Å². The molecule has 2 saturated heterocycles. The van der Waals surface area contributed by atoms with Crippen LogP contribution in [0.5, 0.6) is 0 Å². The van der Waals surface area contributed by atoms with Crippen molar-refractivity contribution in [3.63, 3.8) is 0 Å². The van der Waals surface area contributed by atoms with Crippen LogP contribution >= 0.6 is 11.6 Å². The maximum Gasteiger partial charge on any atom is 0.267 e. The van der Waals surface area contributed by atoms with Crippen molar-refractivity contribution in [3.05, 3.63) is 64.3 Å². The summed E-state index contributed by atoms with van der Waals surface area (Å²) in [6.07, 6.45) is 7.80. The van der Waals surface area contributed by atoms with Crippen LogP contribution in [-0.2, 0) is 14.4 Å². The number of carbonyl (C=O) groups is 2. The Labute approximate surface area is 204 Å². The molecule has 180 valence electrons. The summed E-state index contributed by atoms with van der Waals surface area (Å²) in [5, 5.41) is 3.77. The number of hydrogen-bond acceptors (Lipinski definition) is 6. The number of nitrogens with zero attached hydrogens (tertiary/aromatic N) is 2. The van der Waals surface area contributed by atoms with Gasteiger partial charge >= 0.3 is 0 Å². The van der Waals surface area contributed by atoms with Gasteiger partial charge in [-0.2, -0.15) is 0 Å². The van der Waals surface area contributed by atoms with Crippen molar-refractivity contribution in [2.24, 2.45) is 0 Å². The Balaban J connectivity index is 1.27. The first-order valence-electron chi connectivity index (χ1n) is 11.5. The van der Waals surface area contributed by atoms with E-state index in [1.807, 2.05) is 36.1 Å². The number of benzene rings is 1. The van der Waals surface area contributed by atoms with Crippen LogP contribution in [0, 0.1) is 6.92 Å².